The molecule has 0 aliphatic heterocycles. The number of carbonyl (C=O) groups is 1. The molecule has 0 saturated heterocycles. The van der Waals surface area contributed by atoms with Crippen molar-refractivity contribution in [2.24, 2.45) is 5.41 Å². The zero-order valence-electron chi connectivity index (χ0n) is 10.4. The first-order valence-electron chi connectivity index (χ1n) is 6.21. The van der Waals surface area contributed by atoms with E-state index in [0.717, 1.165) is 24.2 Å². The van der Waals surface area contributed by atoms with Gasteiger partial charge in [-0.1, -0.05) is 29.8 Å². The molecule has 0 heterocycles. The first kappa shape index (κ1) is 13.8. The molecule has 1 atom stereocenters. The highest BCUT2D eigenvalue weighted by Crippen LogP contribution is 2.49. The van der Waals surface area contributed by atoms with Crippen molar-refractivity contribution in [1.29, 1.82) is 0 Å². The maximum absolute atomic E-state index is 12.0. The molecule has 1 aliphatic carbocycles. The summed E-state index contributed by atoms with van der Waals surface area (Å²) < 4.78 is 0. The average Bonchev–Trinajstić information content (AvgIpc) is 3.09. The molecule has 0 bridgehead atoms. The van der Waals surface area contributed by atoms with Gasteiger partial charge in [0.05, 0.1) is 6.04 Å². The minimum atomic E-state index is -0.0538. The molecule has 1 saturated carbocycles. The van der Waals surface area contributed by atoms with Gasteiger partial charge < -0.3 is 5.32 Å². The number of amides is 1. The van der Waals surface area contributed by atoms with Crippen molar-refractivity contribution in [3.8, 4) is 0 Å². The summed E-state index contributed by atoms with van der Waals surface area (Å²) in [5, 5.41) is 3.71. The highest BCUT2D eigenvalue weighted by atomic mass is 35.5. The lowest BCUT2D eigenvalue weighted by Gasteiger charge is -2.18. The summed E-state index contributed by atoms with van der Waals surface area (Å²) in [4.78, 5) is 12.0. The van der Waals surface area contributed by atoms with Crippen molar-refractivity contribution < 1.29 is 4.79 Å². The zero-order valence-corrected chi connectivity index (χ0v) is 12.1. The molecule has 1 aromatic rings. The van der Waals surface area contributed by atoms with Crippen molar-refractivity contribution in [3.63, 3.8) is 0 Å². The second kappa shape index (κ2) is 5.54. The number of hydrogen-bond donors (Lipinski definition) is 2. The van der Waals surface area contributed by atoms with Gasteiger partial charge >= 0.3 is 0 Å². The number of thiol groups is 1. The van der Waals surface area contributed by atoms with Gasteiger partial charge in [0.1, 0.15) is 0 Å². The van der Waals surface area contributed by atoms with Crippen molar-refractivity contribution in [2.45, 2.75) is 32.2 Å². The SMILES string of the molecule is CC(NC(=O)CC1(CS)CC1)c1ccccc1Cl. The topological polar surface area (TPSA) is 29.1 Å². The normalized spacial score (nSPS) is 18.2. The van der Waals surface area contributed by atoms with Gasteiger partial charge in [0.2, 0.25) is 5.91 Å². The second-order valence-electron chi connectivity index (χ2n) is 5.15. The molecule has 0 radical (unpaired) electrons. The summed E-state index contributed by atoms with van der Waals surface area (Å²) in [7, 11) is 0. The van der Waals surface area contributed by atoms with Gasteiger partial charge in [-0.05, 0) is 42.6 Å². The second-order valence-corrected chi connectivity index (χ2v) is 5.87. The Morgan fingerprint density at radius 1 is 1.50 bits per heavy atom. The van der Waals surface area contributed by atoms with Gasteiger partial charge in [-0.25, -0.2) is 0 Å². The Labute approximate surface area is 119 Å². The number of nitrogens with one attached hydrogen (secondary N) is 1. The minimum Gasteiger partial charge on any atom is -0.350 e. The van der Waals surface area contributed by atoms with Crippen molar-refractivity contribution in [3.05, 3.63) is 34.9 Å². The Hall–Kier alpha value is -0.670. The van der Waals surface area contributed by atoms with E-state index in [9.17, 15) is 4.79 Å². The number of carbonyl (C=O) groups excluding carboxylic acids is 1. The molecule has 1 unspecified atom stereocenters. The average molecular weight is 284 g/mol. The van der Waals surface area contributed by atoms with Crippen LogP contribution in [-0.2, 0) is 4.79 Å². The molecule has 0 spiro atoms. The van der Waals surface area contributed by atoms with Gasteiger partial charge in [0.15, 0.2) is 0 Å². The van der Waals surface area contributed by atoms with E-state index >= 15 is 0 Å². The fourth-order valence-electron chi connectivity index (χ4n) is 2.10. The minimum absolute atomic E-state index is 0.0538. The smallest absolute Gasteiger partial charge is 0.221 e. The first-order chi connectivity index (χ1) is 8.56. The monoisotopic (exact) mass is 283 g/mol. The molecule has 1 aromatic carbocycles. The maximum Gasteiger partial charge on any atom is 0.221 e. The molecule has 1 aliphatic rings. The predicted octanol–water partition coefficient (Wildman–Crippen LogP) is 3.62. The number of halogens is 1. The third-order valence-electron chi connectivity index (χ3n) is 3.58. The Bertz CT molecular complexity index is 445. The van der Waals surface area contributed by atoms with Crippen LogP contribution in [-0.4, -0.2) is 11.7 Å². The standard InChI is InChI=1S/C14H18ClNOS/c1-10(11-4-2-3-5-12(11)15)16-13(17)8-14(9-18)6-7-14/h2-5,10,18H,6-9H2,1H3,(H,16,17). The molecular formula is C14H18ClNOS. The van der Waals surface area contributed by atoms with Crippen LogP contribution in [0, 0.1) is 5.41 Å². The summed E-state index contributed by atoms with van der Waals surface area (Å²) in [6, 6.07) is 7.55. The van der Waals surface area contributed by atoms with Gasteiger partial charge in [-0.15, -0.1) is 0 Å². The van der Waals surface area contributed by atoms with E-state index in [2.05, 4.69) is 17.9 Å². The van der Waals surface area contributed by atoms with Crippen LogP contribution in [0.1, 0.15) is 37.8 Å². The molecule has 2 rings (SSSR count). The quantitative estimate of drug-likeness (QED) is 0.794. The summed E-state index contributed by atoms with van der Waals surface area (Å²) >= 11 is 10.4. The molecule has 0 aromatic heterocycles. The van der Waals surface area contributed by atoms with Crippen molar-refractivity contribution in [1.82, 2.24) is 5.32 Å². The lowest BCUT2D eigenvalue weighted by molar-refractivity contribution is -0.122. The molecule has 18 heavy (non-hydrogen) atoms. The highest BCUT2D eigenvalue weighted by molar-refractivity contribution is 7.80. The highest BCUT2D eigenvalue weighted by Gasteiger charge is 2.42. The number of rotatable bonds is 5. The van der Waals surface area contributed by atoms with E-state index in [-0.39, 0.29) is 17.4 Å². The molecule has 1 amide bonds. The zero-order chi connectivity index (χ0) is 13.2. The van der Waals surface area contributed by atoms with Gasteiger partial charge in [0, 0.05) is 11.4 Å². The molecule has 1 fully saturated rings. The predicted molar refractivity (Wildman–Crippen MR) is 78.1 cm³/mol. The fourth-order valence-corrected chi connectivity index (χ4v) is 2.83. The van der Waals surface area contributed by atoms with Crippen LogP contribution < -0.4 is 5.32 Å². The lowest BCUT2D eigenvalue weighted by Crippen LogP contribution is -2.29. The van der Waals surface area contributed by atoms with Crippen LogP contribution >= 0.6 is 24.2 Å². The summed E-state index contributed by atoms with van der Waals surface area (Å²) in [5.41, 5.74) is 1.12. The summed E-state index contributed by atoms with van der Waals surface area (Å²) in [6.07, 6.45) is 2.81. The van der Waals surface area contributed by atoms with Crippen LogP contribution in [0.15, 0.2) is 24.3 Å². The van der Waals surface area contributed by atoms with Crippen molar-refractivity contribution in [2.75, 3.05) is 5.75 Å². The van der Waals surface area contributed by atoms with Gasteiger partial charge in [-0.3, -0.25) is 4.79 Å². The Morgan fingerprint density at radius 3 is 2.72 bits per heavy atom. The summed E-state index contributed by atoms with van der Waals surface area (Å²) in [5.74, 6) is 0.884. The van der Waals surface area contributed by atoms with E-state index in [1.165, 1.54) is 0 Å². The van der Waals surface area contributed by atoms with Crippen LogP contribution in [0.2, 0.25) is 5.02 Å². The lowest BCUT2D eigenvalue weighted by atomic mass is 10.0. The first-order valence-corrected chi connectivity index (χ1v) is 7.22. The van der Waals surface area contributed by atoms with Crippen LogP contribution in [0.25, 0.3) is 0 Å². The number of hydrogen-bond acceptors (Lipinski definition) is 2. The molecular weight excluding hydrogens is 266 g/mol. The van der Waals surface area contributed by atoms with E-state index in [0.29, 0.717) is 11.4 Å². The molecule has 4 heteroatoms. The fraction of sp³-hybridized carbons (Fsp3) is 0.500. The Balaban J connectivity index is 1.93. The molecule has 1 N–H and O–H groups in total. The van der Waals surface area contributed by atoms with E-state index in [1.807, 2.05) is 31.2 Å². The Morgan fingerprint density at radius 2 is 2.17 bits per heavy atom. The summed E-state index contributed by atoms with van der Waals surface area (Å²) in [6.45, 7) is 1.96. The van der Waals surface area contributed by atoms with Gasteiger partial charge in [-0.2, -0.15) is 12.6 Å². The molecule has 98 valence electrons. The van der Waals surface area contributed by atoms with Crippen molar-refractivity contribution >= 4 is 30.1 Å². The van der Waals surface area contributed by atoms with Crippen LogP contribution in [0.3, 0.4) is 0 Å². The number of benzene rings is 1. The van der Waals surface area contributed by atoms with E-state index < -0.39 is 0 Å². The third kappa shape index (κ3) is 3.21. The third-order valence-corrected chi connectivity index (χ3v) is 4.59. The van der Waals surface area contributed by atoms with E-state index in [1.54, 1.807) is 0 Å². The molecule has 2 nitrogen and oxygen atoms in total. The largest absolute Gasteiger partial charge is 0.350 e. The van der Waals surface area contributed by atoms with Crippen LogP contribution in [0.4, 0.5) is 0 Å². The Kier molecular flexibility index (Phi) is 4.23. The van der Waals surface area contributed by atoms with Gasteiger partial charge in [0.25, 0.3) is 0 Å². The van der Waals surface area contributed by atoms with Crippen LogP contribution in [0.5, 0.6) is 0 Å². The maximum atomic E-state index is 12.0. The van der Waals surface area contributed by atoms with E-state index in [4.69, 9.17) is 11.6 Å².